The van der Waals surface area contributed by atoms with Crippen molar-refractivity contribution in [2.24, 2.45) is 0 Å². The van der Waals surface area contributed by atoms with Crippen molar-refractivity contribution in [1.82, 2.24) is 15.0 Å². The average Bonchev–Trinajstić information content (AvgIpc) is 3.42. The van der Waals surface area contributed by atoms with E-state index >= 15 is 8.78 Å². The molecule has 2 N–H and O–H groups in total. The van der Waals surface area contributed by atoms with Gasteiger partial charge in [-0.2, -0.15) is 0 Å². The van der Waals surface area contributed by atoms with Crippen LogP contribution in [0.4, 0.5) is 14.5 Å². The molecule has 40 heavy (non-hydrogen) atoms. The number of aliphatic hydroxyl groups is 1. The third kappa shape index (κ3) is 5.07. The Labute approximate surface area is 230 Å². The third-order valence-corrected chi connectivity index (χ3v) is 7.01. The predicted octanol–water partition coefficient (Wildman–Crippen LogP) is 7.19. The average molecular weight is 533 g/mol. The third-order valence-electron chi connectivity index (χ3n) is 7.01. The number of H-pyrrole nitrogens is 1. The quantitative estimate of drug-likeness (QED) is 0.218. The summed E-state index contributed by atoms with van der Waals surface area (Å²) in [6.45, 7) is 0.804. The first-order chi connectivity index (χ1) is 19.6. The lowest BCUT2D eigenvalue weighted by Crippen LogP contribution is -2.24. The van der Waals surface area contributed by atoms with Crippen molar-refractivity contribution in [2.45, 2.75) is 19.2 Å². The molecular formula is C33H26F2N4O. The van der Waals surface area contributed by atoms with Gasteiger partial charge in [-0.1, -0.05) is 66.7 Å². The number of hydrogen-bond donors (Lipinski definition) is 2. The zero-order chi connectivity index (χ0) is 27.5. The van der Waals surface area contributed by atoms with Crippen molar-refractivity contribution < 1.29 is 13.9 Å². The molecule has 198 valence electrons. The van der Waals surface area contributed by atoms with Gasteiger partial charge in [-0.25, -0.2) is 13.8 Å². The van der Waals surface area contributed by atoms with Crippen molar-refractivity contribution in [3.8, 4) is 11.1 Å². The van der Waals surface area contributed by atoms with E-state index in [1.54, 1.807) is 24.8 Å². The van der Waals surface area contributed by atoms with Crippen LogP contribution in [0.25, 0.3) is 22.2 Å². The molecule has 1 unspecified atom stereocenters. The van der Waals surface area contributed by atoms with Crippen LogP contribution >= 0.6 is 0 Å². The van der Waals surface area contributed by atoms with E-state index in [1.807, 2.05) is 83.8 Å². The van der Waals surface area contributed by atoms with Crippen LogP contribution in [0, 0.1) is 11.6 Å². The molecule has 0 aliphatic heterocycles. The molecule has 0 fully saturated rings. The van der Waals surface area contributed by atoms with Gasteiger partial charge < -0.3 is 15.0 Å². The standard InChI is InChI=1S/C33H26F2N4O/c34-28-13-14-29(39(20-22-8-3-1-4-9-22)21-23-10-5-2-6-11-23)31(35)30(28)32(40)27-19-38-33-26(27)16-25(18-37-33)24-12-7-15-36-17-24/h1-19,32,40H,20-21H2,(H,37,38). The van der Waals surface area contributed by atoms with E-state index in [0.717, 1.165) is 22.3 Å². The van der Waals surface area contributed by atoms with E-state index in [4.69, 9.17) is 0 Å². The number of pyridine rings is 2. The van der Waals surface area contributed by atoms with Gasteiger partial charge in [0, 0.05) is 60.0 Å². The minimum absolute atomic E-state index is 0.206. The minimum Gasteiger partial charge on any atom is -0.383 e. The molecule has 6 rings (SSSR count). The van der Waals surface area contributed by atoms with Gasteiger partial charge in [0.05, 0.1) is 11.3 Å². The molecule has 1 atom stereocenters. The van der Waals surface area contributed by atoms with Crippen molar-refractivity contribution in [1.29, 1.82) is 0 Å². The topological polar surface area (TPSA) is 65.0 Å². The van der Waals surface area contributed by atoms with Crippen LogP contribution < -0.4 is 4.90 Å². The second kappa shape index (κ2) is 11.1. The number of aromatic nitrogens is 3. The fourth-order valence-corrected chi connectivity index (χ4v) is 4.98. The Kier molecular flexibility index (Phi) is 7.04. The van der Waals surface area contributed by atoms with Gasteiger partial charge in [0.25, 0.3) is 0 Å². The number of benzene rings is 3. The Balaban J connectivity index is 1.41. The van der Waals surface area contributed by atoms with Gasteiger partial charge in [0.2, 0.25) is 0 Å². The van der Waals surface area contributed by atoms with Crippen LogP contribution in [-0.4, -0.2) is 20.1 Å². The van der Waals surface area contributed by atoms with Gasteiger partial charge in [0.15, 0.2) is 5.82 Å². The summed E-state index contributed by atoms with van der Waals surface area (Å²) in [6.07, 6.45) is 5.07. The van der Waals surface area contributed by atoms with Crippen molar-refractivity contribution in [3.05, 3.63) is 150 Å². The zero-order valence-corrected chi connectivity index (χ0v) is 21.5. The molecule has 3 aromatic heterocycles. The largest absolute Gasteiger partial charge is 0.383 e. The molecule has 0 spiro atoms. The number of anilines is 1. The van der Waals surface area contributed by atoms with E-state index in [2.05, 4.69) is 15.0 Å². The summed E-state index contributed by atoms with van der Waals surface area (Å²) >= 11 is 0. The number of aromatic amines is 1. The molecule has 0 radical (unpaired) electrons. The van der Waals surface area contributed by atoms with Gasteiger partial charge in [-0.3, -0.25) is 4.98 Å². The first kappa shape index (κ1) is 25.4. The Hall–Kier alpha value is -4.88. The molecule has 3 aromatic carbocycles. The second-order valence-corrected chi connectivity index (χ2v) is 9.63. The molecule has 7 heteroatoms. The van der Waals surface area contributed by atoms with E-state index in [0.29, 0.717) is 29.7 Å². The number of halogens is 2. The molecule has 0 aliphatic carbocycles. The van der Waals surface area contributed by atoms with Crippen LogP contribution in [0.5, 0.6) is 0 Å². The molecule has 0 saturated carbocycles. The summed E-state index contributed by atoms with van der Waals surface area (Å²) in [6, 6.07) is 27.6. The van der Waals surface area contributed by atoms with Gasteiger partial charge in [0.1, 0.15) is 17.6 Å². The Morgan fingerprint density at radius 3 is 2.15 bits per heavy atom. The van der Waals surface area contributed by atoms with Gasteiger partial charge >= 0.3 is 0 Å². The summed E-state index contributed by atoms with van der Waals surface area (Å²) in [7, 11) is 0. The summed E-state index contributed by atoms with van der Waals surface area (Å²) in [5.41, 5.74) is 4.23. The monoisotopic (exact) mass is 532 g/mol. The van der Waals surface area contributed by atoms with Crippen molar-refractivity contribution in [2.75, 3.05) is 4.90 Å². The van der Waals surface area contributed by atoms with E-state index in [9.17, 15) is 5.11 Å². The summed E-state index contributed by atoms with van der Waals surface area (Å²) < 4.78 is 31.6. The van der Waals surface area contributed by atoms with E-state index in [-0.39, 0.29) is 5.69 Å². The number of nitrogens with one attached hydrogen (secondary N) is 1. The summed E-state index contributed by atoms with van der Waals surface area (Å²) in [5.74, 6) is -1.62. The van der Waals surface area contributed by atoms with Crippen LogP contribution in [0.1, 0.15) is 28.4 Å². The number of aliphatic hydroxyl groups excluding tert-OH is 1. The number of hydrogen-bond acceptors (Lipinski definition) is 4. The SMILES string of the molecule is OC(c1c(F)ccc(N(Cc2ccccc2)Cc2ccccc2)c1F)c1c[nH]c2ncc(-c3cccnc3)cc12. The molecule has 0 aliphatic rings. The normalized spacial score (nSPS) is 12.0. The van der Waals surface area contributed by atoms with Crippen molar-refractivity contribution in [3.63, 3.8) is 0 Å². The van der Waals surface area contributed by atoms with Crippen LogP contribution in [0.15, 0.2) is 116 Å². The first-order valence-electron chi connectivity index (χ1n) is 12.9. The Morgan fingerprint density at radius 1 is 0.800 bits per heavy atom. The highest BCUT2D eigenvalue weighted by Crippen LogP contribution is 2.36. The lowest BCUT2D eigenvalue weighted by Gasteiger charge is -2.27. The highest BCUT2D eigenvalue weighted by Gasteiger charge is 2.27. The maximum absolute atomic E-state index is 16.3. The molecular weight excluding hydrogens is 506 g/mol. The zero-order valence-electron chi connectivity index (χ0n) is 21.5. The minimum atomic E-state index is -1.56. The number of fused-ring (bicyclic) bond motifs is 1. The second-order valence-electron chi connectivity index (χ2n) is 9.63. The van der Waals surface area contributed by atoms with Gasteiger partial charge in [-0.05, 0) is 35.4 Å². The van der Waals surface area contributed by atoms with Crippen LogP contribution in [0.2, 0.25) is 0 Å². The lowest BCUT2D eigenvalue weighted by atomic mass is 9.98. The molecule has 6 aromatic rings. The maximum Gasteiger partial charge on any atom is 0.155 e. The van der Waals surface area contributed by atoms with Crippen molar-refractivity contribution >= 4 is 16.7 Å². The van der Waals surface area contributed by atoms with E-state index < -0.39 is 23.3 Å². The molecule has 5 nitrogen and oxygen atoms in total. The van der Waals surface area contributed by atoms with E-state index in [1.165, 1.54) is 12.1 Å². The fraction of sp³-hybridized carbons (Fsp3) is 0.0909. The predicted molar refractivity (Wildman–Crippen MR) is 153 cm³/mol. The number of rotatable bonds is 8. The Morgan fingerprint density at radius 2 is 1.50 bits per heavy atom. The Bertz CT molecular complexity index is 1700. The van der Waals surface area contributed by atoms with Crippen LogP contribution in [0.3, 0.4) is 0 Å². The fourth-order valence-electron chi connectivity index (χ4n) is 4.98. The number of nitrogens with zero attached hydrogens (tertiary/aromatic N) is 3. The molecule has 0 amide bonds. The molecule has 0 saturated heterocycles. The smallest absolute Gasteiger partial charge is 0.155 e. The molecule has 0 bridgehead atoms. The maximum atomic E-state index is 16.3. The lowest BCUT2D eigenvalue weighted by molar-refractivity contribution is 0.210. The first-order valence-corrected chi connectivity index (χ1v) is 12.9. The highest BCUT2D eigenvalue weighted by molar-refractivity contribution is 5.85. The summed E-state index contributed by atoms with van der Waals surface area (Å²) in [4.78, 5) is 13.5. The summed E-state index contributed by atoms with van der Waals surface area (Å²) in [5, 5.41) is 12.0. The highest BCUT2D eigenvalue weighted by atomic mass is 19.1. The molecule has 3 heterocycles. The van der Waals surface area contributed by atoms with Crippen LogP contribution in [-0.2, 0) is 13.1 Å². The van der Waals surface area contributed by atoms with Gasteiger partial charge in [-0.15, -0.1) is 0 Å².